The zero-order chi connectivity index (χ0) is 22.6. The second kappa shape index (κ2) is 9.89. The first kappa shape index (κ1) is 22.6. The lowest BCUT2D eigenvalue weighted by molar-refractivity contribution is -0.129. The maximum atomic E-state index is 12.7. The minimum atomic E-state index is -3.40. The lowest BCUT2D eigenvalue weighted by Gasteiger charge is -2.34. The summed E-state index contributed by atoms with van der Waals surface area (Å²) in [6, 6.07) is 17.3. The average Bonchev–Trinajstić information content (AvgIpc) is 3.27. The van der Waals surface area contributed by atoms with Crippen LogP contribution >= 0.6 is 11.8 Å². The normalized spacial score (nSPS) is 15.1. The highest BCUT2D eigenvalue weighted by molar-refractivity contribution is 7.99. The van der Waals surface area contributed by atoms with E-state index in [9.17, 15) is 13.2 Å². The van der Waals surface area contributed by atoms with Gasteiger partial charge in [0.25, 0.3) is 0 Å². The first-order chi connectivity index (χ1) is 15.4. The topological polar surface area (TPSA) is 75.5 Å². The van der Waals surface area contributed by atoms with Crippen molar-refractivity contribution in [1.82, 2.24) is 18.8 Å². The van der Waals surface area contributed by atoms with Crippen molar-refractivity contribution in [3.8, 4) is 5.69 Å². The fraction of sp³-hybridized carbons (Fsp3) is 0.304. The molecule has 1 amide bonds. The van der Waals surface area contributed by atoms with Crippen LogP contribution in [0.2, 0.25) is 0 Å². The number of amides is 1. The quantitative estimate of drug-likeness (QED) is 0.497. The van der Waals surface area contributed by atoms with Crippen LogP contribution in [0, 0.1) is 6.92 Å². The molecule has 0 spiro atoms. The summed E-state index contributed by atoms with van der Waals surface area (Å²) in [4.78, 5) is 18.9. The molecule has 1 aromatic heterocycles. The summed E-state index contributed by atoms with van der Waals surface area (Å²) in [5, 5.41) is 0.757. The Hall–Kier alpha value is -2.62. The minimum Gasteiger partial charge on any atom is -0.339 e. The van der Waals surface area contributed by atoms with Gasteiger partial charge in [0.05, 0.1) is 11.5 Å². The fourth-order valence-electron chi connectivity index (χ4n) is 3.68. The summed E-state index contributed by atoms with van der Waals surface area (Å²) < 4.78 is 28.9. The van der Waals surface area contributed by atoms with Gasteiger partial charge in [0.15, 0.2) is 5.16 Å². The highest BCUT2D eigenvalue weighted by atomic mass is 32.2. The second-order valence-electron chi connectivity index (χ2n) is 7.73. The van der Waals surface area contributed by atoms with Crippen molar-refractivity contribution in [2.24, 2.45) is 0 Å². The molecule has 1 fully saturated rings. The van der Waals surface area contributed by atoms with Crippen molar-refractivity contribution in [2.75, 3.05) is 31.9 Å². The number of piperazine rings is 1. The molecule has 2 heterocycles. The Kier molecular flexibility index (Phi) is 6.98. The Morgan fingerprint density at radius 2 is 1.78 bits per heavy atom. The number of hydrogen-bond donors (Lipinski definition) is 0. The van der Waals surface area contributed by atoms with Crippen molar-refractivity contribution < 1.29 is 13.2 Å². The molecule has 7 nitrogen and oxygen atoms in total. The highest BCUT2D eigenvalue weighted by Crippen LogP contribution is 2.22. The van der Waals surface area contributed by atoms with E-state index >= 15 is 0 Å². The van der Waals surface area contributed by atoms with Crippen molar-refractivity contribution in [1.29, 1.82) is 0 Å². The van der Waals surface area contributed by atoms with E-state index in [1.807, 2.05) is 66.2 Å². The number of benzene rings is 2. The number of aryl methyl sites for hydroxylation is 1. The molecule has 1 saturated heterocycles. The van der Waals surface area contributed by atoms with Gasteiger partial charge < -0.3 is 4.90 Å². The first-order valence-corrected chi connectivity index (χ1v) is 13.0. The fourth-order valence-corrected chi connectivity index (χ4v) is 6.07. The Morgan fingerprint density at radius 3 is 2.50 bits per heavy atom. The van der Waals surface area contributed by atoms with Crippen LogP contribution in [0.25, 0.3) is 5.69 Å². The van der Waals surface area contributed by atoms with E-state index in [0.29, 0.717) is 26.2 Å². The molecule has 168 valence electrons. The largest absolute Gasteiger partial charge is 0.339 e. The molecule has 2 aromatic carbocycles. The van der Waals surface area contributed by atoms with Crippen molar-refractivity contribution in [3.05, 3.63) is 78.1 Å². The molecular formula is C23H26N4O3S2. The van der Waals surface area contributed by atoms with E-state index in [-0.39, 0.29) is 17.4 Å². The zero-order valence-electron chi connectivity index (χ0n) is 17.9. The standard InChI is InChI=1S/C23H26N4O3S2/c1-19-6-5-9-21(16-19)27-11-10-24-23(27)31-17-22(28)25-12-14-26(15-13-25)32(29,30)18-20-7-3-2-4-8-20/h2-11,16H,12-15,17-18H2,1H3. The predicted molar refractivity (Wildman–Crippen MR) is 126 cm³/mol. The van der Waals surface area contributed by atoms with Gasteiger partial charge in [-0.15, -0.1) is 0 Å². The van der Waals surface area contributed by atoms with E-state index in [1.165, 1.54) is 16.1 Å². The van der Waals surface area contributed by atoms with Crippen LogP contribution in [0.4, 0.5) is 0 Å². The van der Waals surface area contributed by atoms with Crippen LogP contribution in [0.3, 0.4) is 0 Å². The average molecular weight is 471 g/mol. The molecule has 0 saturated carbocycles. The third-order valence-corrected chi connectivity index (χ3v) is 8.19. The van der Waals surface area contributed by atoms with Crippen LogP contribution < -0.4 is 0 Å². The van der Waals surface area contributed by atoms with Gasteiger partial charge in [-0.1, -0.05) is 54.2 Å². The molecule has 32 heavy (non-hydrogen) atoms. The second-order valence-corrected chi connectivity index (χ2v) is 10.6. The smallest absolute Gasteiger partial charge is 0.233 e. The Bertz CT molecular complexity index is 1170. The number of imidazole rings is 1. The van der Waals surface area contributed by atoms with E-state index in [1.54, 1.807) is 11.1 Å². The molecule has 9 heteroatoms. The van der Waals surface area contributed by atoms with Crippen molar-refractivity contribution >= 4 is 27.7 Å². The van der Waals surface area contributed by atoms with Gasteiger partial charge in [-0.2, -0.15) is 4.31 Å². The van der Waals surface area contributed by atoms with Crippen molar-refractivity contribution in [2.45, 2.75) is 17.8 Å². The first-order valence-electron chi connectivity index (χ1n) is 10.4. The molecule has 0 unspecified atom stereocenters. The number of aromatic nitrogens is 2. The predicted octanol–water partition coefficient (Wildman–Crippen LogP) is 2.95. The van der Waals surface area contributed by atoms with Crippen molar-refractivity contribution in [3.63, 3.8) is 0 Å². The number of carbonyl (C=O) groups excluding carboxylic acids is 1. The molecule has 0 aliphatic carbocycles. The number of hydrogen-bond acceptors (Lipinski definition) is 5. The molecular weight excluding hydrogens is 444 g/mol. The number of nitrogens with zero attached hydrogens (tertiary/aromatic N) is 4. The van der Waals surface area contributed by atoms with Crippen LogP contribution in [-0.4, -0.2) is 65.0 Å². The van der Waals surface area contributed by atoms with E-state index < -0.39 is 10.0 Å². The van der Waals surface area contributed by atoms with Gasteiger partial charge in [-0.25, -0.2) is 13.4 Å². The third-order valence-electron chi connectivity index (χ3n) is 5.39. The van der Waals surface area contributed by atoms with Gasteiger partial charge in [0.1, 0.15) is 0 Å². The summed E-state index contributed by atoms with van der Waals surface area (Å²) in [7, 11) is -3.40. The van der Waals surface area contributed by atoms with Gasteiger partial charge in [-0.05, 0) is 30.2 Å². The highest BCUT2D eigenvalue weighted by Gasteiger charge is 2.29. The lowest BCUT2D eigenvalue weighted by atomic mass is 10.2. The molecule has 4 rings (SSSR count). The molecule has 3 aromatic rings. The summed E-state index contributed by atoms with van der Waals surface area (Å²) in [5.41, 5.74) is 2.93. The Balaban J connectivity index is 1.31. The maximum Gasteiger partial charge on any atom is 0.233 e. The SMILES string of the molecule is Cc1cccc(-n2ccnc2SCC(=O)N2CCN(S(=O)(=O)Cc3ccccc3)CC2)c1. The zero-order valence-corrected chi connectivity index (χ0v) is 19.6. The van der Waals surface area contributed by atoms with Gasteiger partial charge in [0, 0.05) is 44.3 Å². The number of carbonyl (C=O) groups is 1. The maximum absolute atomic E-state index is 12.7. The lowest BCUT2D eigenvalue weighted by Crippen LogP contribution is -2.51. The van der Waals surface area contributed by atoms with Gasteiger partial charge >= 0.3 is 0 Å². The van der Waals surface area contributed by atoms with Gasteiger partial charge in [0.2, 0.25) is 15.9 Å². The molecule has 0 radical (unpaired) electrons. The van der Waals surface area contributed by atoms with Gasteiger partial charge in [-0.3, -0.25) is 9.36 Å². The summed E-state index contributed by atoms with van der Waals surface area (Å²) >= 11 is 1.39. The number of rotatable bonds is 7. The molecule has 1 aliphatic rings. The Morgan fingerprint density at radius 1 is 1.03 bits per heavy atom. The molecule has 1 aliphatic heterocycles. The summed E-state index contributed by atoms with van der Waals surface area (Å²) in [6.45, 7) is 3.49. The molecule has 0 N–H and O–H groups in total. The van der Waals surface area contributed by atoms with E-state index in [2.05, 4.69) is 11.1 Å². The monoisotopic (exact) mass is 470 g/mol. The summed E-state index contributed by atoms with van der Waals surface area (Å²) in [5.74, 6) is 0.243. The minimum absolute atomic E-state index is 0.00565. The van der Waals surface area contributed by atoms with E-state index in [0.717, 1.165) is 22.0 Å². The number of thioether (sulfide) groups is 1. The van der Waals surface area contributed by atoms with Crippen LogP contribution in [0.1, 0.15) is 11.1 Å². The Labute approximate surface area is 193 Å². The van der Waals surface area contributed by atoms with E-state index in [4.69, 9.17) is 0 Å². The van der Waals surface area contributed by atoms with Crippen LogP contribution in [-0.2, 0) is 20.6 Å². The molecule has 0 atom stereocenters. The van der Waals surface area contributed by atoms with Crippen LogP contribution in [0.15, 0.2) is 72.1 Å². The summed E-state index contributed by atoms with van der Waals surface area (Å²) in [6.07, 6.45) is 3.61. The molecule has 0 bridgehead atoms. The number of sulfonamides is 1. The third kappa shape index (κ3) is 5.40. The van der Waals surface area contributed by atoms with Crippen LogP contribution in [0.5, 0.6) is 0 Å².